The number of ether oxygens (including phenoxy) is 1. The van der Waals surface area contributed by atoms with Gasteiger partial charge in [0.1, 0.15) is 0 Å². The minimum Gasteiger partial charge on any atom is -0.490 e. The molecule has 5 nitrogen and oxygen atoms in total. The Balaban J connectivity index is 1.68. The highest BCUT2D eigenvalue weighted by Crippen LogP contribution is 2.44. The average Bonchev–Trinajstić information content (AvgIpc) is 3.42. The second-order valence-electron chi connectivity index (χ2n) is 6.84. The number of aryl methyl sites for hydroxylation is 1. The highest BCUT2D eigenvalue weighted by Gasteiger charge is 2.29. The van der Waals surface area contributed by atoms with Crippen LogP contribution in [0, 0.1) is 0 Å². The maximum Gasteiger partial charge on any atom is 0.227 e. The van der Waals surface area contributed by atoms with Gasteiger partial charge in [0.15, 0.2) is 5.75 Å². The molecule has 1 saturated carbocycles. The van der Waals surface area contributed by atoms with Gasteiger partial charge in [-0.2, -0.15) is 5.10 Å². The topological polar surface area (TPSA) is 56.2 Å². The number of nitrogens with zero attached hydrogens (tertiary/aromatic N) is 2. The van der Waals surface area contributed by atoms with Crippen LogP contribution in [0.2, 0.25) is 0 Å². The fourth-order valence-corrected chi connectivity index (χ4v) is 3.60. The van der Waals surface area contributed by atoms with Gasteiger partial charge in [-0.05, 0) is 36.6 Å². The summed E-state index contributed by atoms with van der Waals surface area (Å²) in [4.78, 5) is 11.8. The summed E-state index contributed by atoms with van der Waals surface area (Å²) in [6.07, 6.45) is 2.83. The molecule has 2 heterocycles. The van der Waals surface area contributed by atoms with Crippen LogP contribution in [0.4, 0.5) is 5.69 Å². The molecule has 2 aromatic carbocycles. The molecule has 1 aromatic heterocycles. The Labute approximate surface area is 145 Å². The van der Waals surface area contributed by atoms with Crippen molar-refractivity contribution in [2.75, 3.05) is 11.9 Å². The van der Waals surface area contributed by atoms with E-state index in [9.17, 15) is 4.79 Å². The van der Waals surface area contributed by atoms with Crippen LogP contribution >= 0.6 is 0 Å². The number of aromatic nitrogens is 2. The Hall–Kier alpha value is -2.82. The molecule has 25 heavy (non-hydrogen) atoms. The first kappa shape index (κ1) is 14.5. The van der Waals surface area contributed by atoms with E-state index in [1.807, 2.05) is 29.9 Å². The molecule has 1 aliphatic carbocycles. The number of benzene rings is 2. The third-order valence-corrected chi connectivity index (χ3v) is 5.02. The summed E-state index contributed by atoms with van der Waals surface area (Å²) in [6, 6.07) is 12.3. The quantitative estimate of drug-likeness (QED) is 0.775. The predicted molar refractivity (Wildman–Crippen MR) is 96.9 cm³/mol. The number of rotatable bonds is 2. The van der Waals surface area contributed by atoms with Crippen LogP contribution < -0.4 is 10.1 Å². The van der Waals surface area contributed by atoms with E-state index >= 15 is 0 Å². The van der Waals surface area contributed by atoms with E-state index in [0.29, 0.717) is 18.9 Å². The number of carbonyl (C=O) groups excluding carboxylic acids is 1. The molecule has 0 unspecified atom stereocenters. The van der Waals surface area contributed by atoms with Crippen molar-refractivity contribution in [3.63, 3.8) is 0 Å². The number of hydrogen-bond donors (Lipinski definition) is 1. The summed E-state index contributed by atoms with van der Waals surface area (Å²) < 4.78 is 7.87. The van der Waals surface area contributed by atoms with Gasteiger partial charge in [0.05, 0.1) is 29.9 Å². The number of para-hydroxylation sites is 1. The highest BCUT2D eigenvalue weighted by molar-refractivity contribution is 5.96. The van der Waals surface area contributed by atoms with Gasteiger partial charge in [-0.25, -0.2) is 0 Å². The predicted octanol–water partition coefficient (Wildman–Crippen LogP) is 3.84. The highest BCUT2D eigenvalue weighted by atomic mass is 16.5. The number of anilines is 1. The molecule has 0 saturated heterocycles. The molecular weight excluding hydrogens is 314 g/mol. The Bertz CT molecular complexity index is 1000. The molecule has 1 amide bonds. The van der Waals surface area contributed by atoms with Crippen LogP contribution in [-0.2, 0) is 11.8 Å². The van der Waals surface area contributed by atoms with E-state index < -0.39 is 0 Å². The van der Waals surface area contributed by atoms with Crippen LogP contribution in [0.15, 0.2) is 36.4 Å². The van der Waals surface area contributed by atoms with Gasteiger partial charge in [0.25, 0.3) is 0 Å². The van der Waals surface area contributed by atoms with Crippen molar-refractivity contribution < 1.29 is 9.53 Å². The first-order chi connectivity index (χ1) is 12.2. The lowest BCUT2D eigenvalue weighted by molar-refractivity contribution is -0.116. The third-order valence-electron chi connectivity index (χ3n) is 5.02. The second kappa shape index (κ2) is 5.34. The molecule has 126 valence electrons. The zero-order valence-corrected chi connectivity index (χ0v) is 14.1. The lowest BCUT2D eigenvalue weighted by Crippen LogP contribution is -2.10. The number of fused-ring (bicyclic) bond motifs is 2. The molecular formula is C20H19N3O2. The summed E-state index contributed by atoms with van der Waals surface area (Å²) in [5.41, 5.74) is 5.20. The first-order valence-corrected chi connectivity index (χ1v) is 8.73. The third kappa shape index (κ3) is 2.38. The summed E-state index contributed by atoms with van der Waals surface area (Å²) in [5.74, 6) is 1.35. The fraction of sp³-hybridized carbons (Fsp3) is 0.300. The van der Waals surface area contributed by atoms with Gasteiger partial charge in [-0.15, -0.1) is 0 Å². The van der Waals surface area contributed by atoms with Crippen molar-refractivity contribution in [2.45, 2.75) is 25.2 Å². The van der Waals surface area contributed by atoms with E-state index in [4.69, 9.17) is 9.84 Å². The molecule has 5 heteroatoms. The normalized spacial score (nSPS) is 16.9. The van der Waals surface area contributed by atoms with Crippen LogP contribution in [-0.4, -0.2) is 22.3 Å². The van der Waals surface area contributed by atoms with Crippen LogP contribution in [0.3, 0.4) is 0 Å². The number of hydrogen-bond acceptors (Lipinski definition) is 3. The average molecular weight is 333 g/mol. The van der Waals surface area contributed by atoms with Gasteiger partial charge < -0.3 is 10.1 Å². The lowest BCUT2D eigenvalue weighted by atomic mass is 10.0. The molecule has 1 aliphatic heterocycles. The van der Waals surface area contributed by atoms with E-state index in [-0.39, 0.29) is 5.91 Å². The molecule has 0 spiro atoms. The summed E-state index contributed by atoms with van der Waals surface area (Å²) in [6.45, 7) is 0.401. The molecule has 0 bridgehead atoms. The van der Waals surface area contributed by atoms with Gasteiger partial charge in [-0.3, -0.25) is 9.48 Å². The molecule has 0 atom stereocenters. The minimum atomic E-state index is -0.00497. The Morgan fingerprint density at radius 3 is 2.96 bits per heavy atom. The van der Waals surface area contributed by atoms with Gasteiger partial charge in [-0.1, -0.05) is 18.2 Å². The van der Waals surface area contributed by atoms with Crippen molar-refractivity contribution in [1.29, 1.82) is 0 Å². The monoisotopic (exact) mass is 333 g/mol. The summed E-state index contributed by atoms with van der Waals surface area (Å²) in [7, 11) is 2.00. The molecule has 5 rings (SSSR count). The van der Waals surface area contributed by atoms with Crippen LogP contribution in [0.1, 0.15) is 30.9 Å². The Morgan fingerprint density at radius 1 is 1.24 bits per heavy atom. The Morgan fingerprint density at radius 2 is 2.12 bits per heavy atom. The SMILES string of the molecule is Cn1nc(C2CC2)c2cc(-c3cccc4c3OCCC(=O)N4)ccc21. The van der Waals surface area contributed by atoms with Crippen molar-refractivity contribution in [3.8, 4) is 16.9 Å². The maximum atomic E-state index is 11.8. The molecule has 3 aromatic rings. The zero-order chi connectivity index (χ0) is 17.0. The molecule has 2 aliphatic rings. The van der Waals surface area contributed by atoms with E-state index in [1.54, 1.807) is 0 Å². The molecule has 1 fully saturated rings. The molecule has 1 N–H and O–H groups in total. The smallest absolute Gasteiger partial charge is 0.227 e. The first-order valence-electron chi connectivity index (χ1n) is 8.73. The van der Waals surface area contributed by atoms with Gasteiger partial charge >= 0.3 is 0 Å². The largest absolute Gasteiger partial charge is 0.490 e. The van der Waals surface area contributed by atoms with Crippen LogP contribution in [0.5, 0.6) is 5.75 Å². The number of nitrogens with one attached hydrogen (secondary N) is 1. The maximum absolute atomic E-state index is 11.8. The second-order valence-corrected chi connectivity index (χ2v) is 6.84. The zero-order valence-electron chi connectivity index (χ0n) is 14.1. The van der Waals surface area contributed by atoms with E-state index in [2.05, 4.69) is 23.5 Å². The lowest BCUT2D eigenvalue weighted by Gasteiger charge is -2.13. The fourth-order valence-electron chi connectivity index (χ4n) is 3.60. The van der Waals surface area contributed by atoms with Gasteiger partial charge in [0, 0.05) is 23.9 Å². The Kier molecular flexibility index (Phi) is 3.10. The molecule has 0 radical (unpaired) electrons. The van der Waals surface area contributed by atoms with Crippen molar-refractivity contribution in [2.24, 2.45) is 7.05 Å². The number of carbonyl (C=O) groups is 1. The van der Waals surface area contributed by atoms with E-state index in [0.717, 1.165) is 28.1 Å². The minimum absolute atomic E-state index is 0.00497. The summed E-state index contributed by atoms with van der Waals surface area (Å²) in [5, 5.41) is 8.88. The standard InChI is InChI=1S/C20H19N3O2/c1-23-17-8-7-13(11-15(17)19(22-23)12-5-6-12)14-3-2-4-16-20(14)25-10-9-18(24)21-16/h2-4,7-8,11-12H,5-6,9-10H2,1H3,(H,21,24). The van der Waals surface area contributed by atoms with Crippen molar-refractivity contribution >= 4 is 22.5 Å². The van der Waals surface area contributed by atoms with Crippen LogP contribution in [0.25, 0.3) is 22.0 Å². The van der Waals surface area contributed by atoms with Crippen molar-refractivity contribution in [1.82, 2.24) is 9.78 Å². The summed E-state index contributed by atoms with van der Waals surface area (Å²) >= 11 is 0. The number of amides is 1. The van der Waals surface area contributed by atoms with Gasteiger partial charge in [0.2, 0.25) is 5.91 Å². The van der Waals surface area contributed by atoms with E-state index in [1.165, 1.54) is 23.9 Å². The van der Waals surface area contributed by atoms with Crippen molar-refractivity contribution in [3.05, 3.63) is 42.1 Å².